The van der Waals surface area contributed by atoms with Crippen molar-refractivity contribution in [3.8, 4) is 11.5 Å². The molecular weight excluding hydrogens is 845 g/mol. The molecule has 1 fully saturated rings. The number of imidazole rings is 1. The van der Waals surface area contributed by atoms with Crippen LogP contribution in [-0.4, -0.2) is 70.3 Å². The third kappa shape index (κ3) is 9.01. The van der Waals surface area contributed by atoms with Gasteiger partial charge in [0.2, 0.25) is 0 Å². The van der Waals surface area contributed by atoms with Crippen molar-refractivity contribution in [3.63, 3.8) is 0 Å². The number of aromatic nitrogens is 4. The number of aliphatic hydroxyl groups excluding tert-OH is 1. The molecule has 8 rings (SSSR count). The van der Waals surface area contributed by atoms with E-state index in [1.165, 1.54) is 12.7 Å². The molecule has 3 heterocycles. The Labute approximate surface area is 373 Å². The summed E-state index contributed by atoms with van der Waals surface area (Å²) in [5.74, 6) is 1.41. The lowest BCUT2D eigenvalue weighted by Crippen LogP contribution is -2.42. The highest BCUT2D eigenvalue weighted by molar-refractivity contribution is 6.30. The maximum absolute atomic E-state index is 14.1. The summed E-state index contributed by atoms with van der Waals surface area (Å²) in [5, 5.41) is 14.9. The lowest BCUT2D eigenvalue weighted by Gasteiger charge is -2.38. The number of fused-ring (bicyclic) bond motifs is 1. The maximum Gasteiger partial charge on any atom is 0.408 e. The fourth-order valence-corrected chi connectivity index (χ4v) is 8.46. The molecule has 7 aromatic rings. The van der Waals surface area contributed by atoms with Gasteiger partial charge in [0.15, 0.2) is 16.8 Å². The largest absolute Gasteiger partial charge is 0.497 e. The number of amides is 1. The number of aliphatic hydroxyl groups is 1. The van der Waals surface area contributed by atoms with Crippen molar-refractivity contribution in [2.45, 2.75) is 48.9 Å². The van der Waals surface area contributed by atoms with Gasteiger partial charge in [0.1, 0.15) is 29.4 Å². The van der Waals surface area contributed by atoms with Gasteiger partial charge in [0.05, 0.1) is 33.0 Å². The molecular formula is C48H45Cl2N5O8. The van der Waals surface area contributed by atoms with Crippen LogP contribution in [-0.2, 0) is 25.4 Å². The number of halogens is 2. The Balaban J connectivity index is 1.08. The number of H-pyrrole nitrogens is 1. The number of alkyl carbamates (subject to hydrolysis) is 1. The molecule has 324 valence electrons. The van der Waals surface area contributed by atoms with Gasteiger partial charge in [-0.25, -0.2) is 14.8 Å². The summed E-state index contributed by atoms with van der Waals surface area (Å²) < 4.78 is 32.6. The third-order valence-electron chi connectivity index (χ3n) is 11.4. The van der Waals surface area contributed by atoms with Crippen molar-refractivity contribution >= 4 is 40.5 Å². The summed E-state index contributed by atoms with van der Waals surface area (Å²) in [7, 11) is 3.26. The minimum atomic E-state index is -1.37. The van der Waals surface area contributed by atoms with E-state index >= 15 is 0 Å². The van der Waals surface area contributed by atoms with Crippen LogP contribution in [0.1, 0.15) is 53.3 Å². The number of rotatable bonds is 16. The normalized spacial score (nSPS) is 16.5. The Bertz CT molecular complexity index is 2590. The summed E-state index contributed by atoms with van der Waals surface area (Å²) >= 11 is 12.8. The van der Waals surface area contributed by atoms with Crippen molar-refractivity contribution in [2.75, 3.05) is 27.4 Å². The van der Waals surface area contributed by atoms with E-state index < -0.39 is 35.7 Å². The number of aromatic amines is 1. The van der Waals surface area contributed by atoms with Gasteiger partial charge < -0.3 is 39.1 Å². The lowest BCUT2D eigenvalue weighted by atomic mass is 9.79. The smallest absolute Gasteiger partial charge is 0.408 e. The molecule has 1 amide bonds. The number of methoxy groups -OCH3 is 2. The van der Waals surface area contributed by atoms with Gasteiger partial charge in [0, 0.05) is 40.7 Å². The maximum atomic E-state index is 14.1. The number of ether oxygens (including phenoxy) is 5. The van der Waals surface area contributed by atoms with Crippen molar-refractivity contribution in [2.24, 2.45) is 0 Å². The molecule has 0 saturated carbocycles. The molecule has 13 nitrogen and oxygen atoms in total. The van der Waals surface area contributed by atoms with Crippen LogP contribution < -0.4 is 20.3 Å². The van der Waals surface area contributed by atoms with Crippen LogP contribution in [0.4, 0.5) is 4.79 Å². The molecule has 3 N–H and O–H groups in total. The third-order valence-corrected chi connectivity index (χ3v) is 11.9. The fourth-order valence-electron chi connectivity index (χ4n) is 8.20. The average Bonchev–Trinajstić information content (AvgIpc) is 3.92. The zero-order valence-corrected chi connectivity index (χ0v) is 36.0. The van der Waals surface area contributed by atoms with Crippen molar-refractivity contribution in [1.29, 1.82) is 0 Å². The highest BCUT2D eigenvalue weighted by Gasteiger charge is 2.42. The van der Waals surface area contributed by atoms with Crippen LogP contribution in [0.15, 0.2) is 145 Å². The Morgan fingerprint density at radius 2 is 1.37 bits per heavy atom. The van der Waals surface area contributed by atoms with Crippen LogP contribution >= 0.6 is 23.2 Å². The van der Waals surface area contributed by atoms with Gasteiger partial charge in [-0.2, -0.15) is 0 Å². The van der Waals surface area contributed by atoms with E-state index in [2.05, 4.69) is 20.3 Å². The first kappa shape index (κ1) is 43.4. The molecule has 0 radical (unpaired) electrons. The SMILES string of the molecule is COc1ccc(C(OCCCC(OC(=O)NC[C@H]2O[C@@H](n3cnc4c(=O)[nH]cnc43)C[C@H]2O)(c2ccc(Cl)cc2)c2ccc(Cl)cc2)(c2ccccc2)c2ccc(OC)cc2)cc1. The number of nitrogens with one attached hydrogen (secondary N) is 2. The summed E-state index contributed by atoms with van der Waals surface area (Å²) in [6.07, 6.45) is 0.389. The van der Waals surface area contributed by atoms with Crippen molar-refractivity contribution < 1.29 is 33.6 Å². The second-order valence-corrected chi connectivity index (χ2v) is 15.9. The van der Waals surface area contributed by atoms with Crippen LogP contribution in [0.3, 0.4) is 0 Å². The average molecular weight is 891 g/mol. The van der Waals surface area contributed by atoms with Crippen LogP contribution in [0.2, 0.25) is 10.0 Å². The zero-order valence-electron chi connectivity index (χ0n) is 34.4. The topological polar surface area (TPSA) is 159 Å². The van der Waals surface area contributed by atoms with Gasteiger partial charge in [0.25, 0.3) is 5.56 Å². The minimum Gasteiger partial charge on any atom is -0.497 e. The van der Waals surface area contributed by atoms with Crippen LogP contribution in [0, 0.1) is 0 Å². The van der Waals surface area contributed by atoms with Crippen LogP contribution in [0.5, 0.6) is 11.5 Å². The van der Waals surface area contributed by atoms with E-state index in [4.69, 9.17) is 46.9 Å². The van der Waals surface area contributed by atoms with Crippen molar-refractivity contribution in [3.05, 3.63) is 188 Å². The summed E-state index contributed by atoms with van der Waals surface area (Å²) in [6.45, 7) is 0.134. The van der Waals surface area contributed by atoms with E-state index in [0.29, 0.717) is 44.7 Å². The summed E-state index contributed by atoms with van der Waals surface area (Å²) in [5.41, 5.74) is 1.62. The van der Waals surface area contributed by atoms with E-state index in [9.17, 15) is 14.7 Å². The van der Waals surface area contributed by atoms with Gasteiger partial charge in [-0.3, -0.25) is 9.36 Å². The summed E-state index contributed by atoms with van der Waals surface area (Å²) in [6, 6.07) is 39.9. The molecule has 1 aliphatic heterocycles. The zero-order chi connectivity index (χ0) is 44.0. The van der Waals surface area contributed by atoms with Gasteiger partial charge in [-0.05, 0) is 78.1 Å². The van der Waals surface area contributed by atoms with Crippen molar-refractivity contribution in [1.82, 2.24) is 24.8 Å². The van der Waals surface area contributed by atoms with E-state index in [1.807, 2.05) is 103 Å². The Morgan fingerprint density at radius 3 is 1.94 bits per heavy atom. The molecule has 63 heavy (non-hydrogen) atoms. The highest BCUT2D eigenvalue weighted by Crippen LogP contribution is 2.44. The Kier molecular flexibility index (Phi) is 13.1. The number of nitrogens with zero attached hydrogens (tertiary/aromatic N) is 3. The van der Waals surface area contributed by atoms with E-state index in [-0.39, 0.29) is 37.1 Å². The molecule has 0 spiro atoms. The molecule has 0 unspecified atom stereocenters. The Hall–Kier alpha value is -6.22. The fraction of sp³-hybridized carbons (Fsp3) is 0.250. The monoisotopic (exact) mass is 889 g/mol. The van der Waals surface area contributed by atoms with Crippen LogP contribution in [0.25, 0.3) is 11.2 Å². The molecule has 15 heteroatoms. The molecule has 2 aromatic heterocycles. The standard InChI is InChI=1S/C48H45Cl2N5O8/c1-59-38-21-13-34(14-22-38)48(33-7-4-3-5-8-33,35-15-23-39(60-2)24-16-35)61-26-6-25-47(31-9-17-36(49)18-10-31,32-11-19-37(50)20-12-32)63-46(58)51-28-41-40(56)27-42(62-41)55-30-54-43-44(55)52-29-53-45(43)57/h3-5,7-24,29-30,40-42,56H,6,25-28H2,1-2H3,(H,51,58)(H,52,53,57)/t40-,41-,42-/m1/s1. The van der Waals surface area contributed by atoms with E-state index in [1.54, 1.807) is 43.1 Å². The first-order valence-electron chi connectivity index (χ1n) is 20.3. The van der Waals surface area contributed by atoms with Gasteiger partial charge in [-0.15, -0.1) is 0 Å². The number of benzene rings is 5. The first-order chi connectivity index (χ1) is 30.6. The Morgan fingerprint density at radius 1 is 0.810 bits per heavy atom. The number of hydrogen-bond acceptors (Lipinski definition) is 10. The van der Waals surface area contributed by atoms with Gasteiger partial charge in [-0.1, -0.05) is 102 Å². The molecule has 1 aliphatic rings. The second kappa shape index (κ2) is 19.0. The molecule has 1 saturated heterocycles. The molecule has 0 bridgehead atoms. The van der Waals surface area contributed by atoms with E-state index in [0.717, 1.165) is 16.7 Å². The second-order valence-electron chi connectivity index (χ2n) is 15.1. The molecule has 5 aromatic carbocycles. The molecule has 0 aliphatic carbocycles. The lowest BCUT2D eigenvalue weighted by molar-refractivity contribution is -0.0222. The number of hydrogen-bond donors (Lipinski definition) is 3. The quantitative estimate of drug-likeness (QED) is 0.0634. The predicted molar refractivity (Wildman–Crippen MR) is 238 cm³/mol. The minimum absolute atomic E-state index is 0.0825. The number of carbonyl (C=O) groups excluding carboxylic acids is 1. The highest BCUT2D eigenvalue weighted by atomic mass is 35.5. The summed E-state index contributed by atoms with van der Waals surface area (Å²) in [4.78, 5) is 37.3. The first-order valence-corrected chi connectivity index (χ1v) is 21.1. The number of carbonyl (C=O) groups is 1. The van der Waals surface area contributed by atoms with Gasteiger partial charge >= 0.3 is 6.09 Å². The molecule has 3 atom stereocenters. The predicted octanol–water partition coefficient (Wildman–Crippen LogP) is 8.55.